The van der Waals surface area contributed by atoms with Crippen LogP contribution in [0.3, 0.4) is 0 Å². The molecule has 1 aromatic carbocycles. The number of anilines is 3. The second-order valence-electron chi connectivity index (χ2n) is 8.18. The molecule has 0 saturated carbocycles. The predicted octanol–water partition coefficient (Wildman–Crippen LogP) is 3.25. The molecular formula is C23H29FN8O2. The number of halogens is 1. The number of ether oxygens (including phenoxy) is 1. The fourth-order valence-corrected chi connectivity index (χ4v) is 3.97. The number of benzene rings is 1. The minimum Gasteiger partial charge on any atom is -0.434 e. The lowest BCUT2D eigenvalue weighted by atomic mass is 10.1. The highest BCUT2D eigenvalue weighted by atomic mass is 19.1. The molecule has 1 aliphatic rings. The van der Waals surface area contributed by atoms with Crippen LogP contribution in [0.5, 0.6) is 11.6 Å². The summed E-state index contributed by atoms with van der Waals surface area (Å²) < 4.78 is 21.9. The van der Waals surface area contributed by atoms with Crippen molar-refractivity contribution in [2.75, 3.05) is 30.7 Å². The van der Waals surface area contributed by atoms with E-state index in [1.165, 1.54) is 18.2 Å². The average Bonchev–Trinajstić information content (AvgIpc) is 3.30. The van der Waals surface area contributed by atoms with Crippen molar-refractivity contribution >= 4 is 23.1 Å². The van der Waals surface area contributed by atoms with Gasteiger partial charge in [0.1, 0.15) is 5.69 Å². The summed E-state index contributed by atoms with van der Waals surface area (Å²) in [7, 11) is 0. The second kappa shape index (κ2) is 10.0. The summed E-state index contributed by atoms with van der Waals surface area (Å²) in [5.74, 6) is -1.27. The summed E-state index contributed by atoms with van der Waals surface area (Å²) in [6.07, 6.45) is 5.93. The first-order valence-electron chi connectivity index (χ1n) is 11.3. The zero-order chi connectivity index (χ0) is 24.2. The van der Waals surface area contributed by atoms with Crippen LogP contribution in [0.1, 0.15) is 48.9 Å². The van der Waals surface area contributed by atoms with Gasteiger partial charge >= 0.3 is 0 Å². The van der Waals surface area contributed by atoms with Gasteiger partial charge in [-0.1, -0.05) is 13.8 Å². The predicted molar refractivity (Wildman–Crippen MR) is 127 cm³/mol. The van der Waals surface area contributed by atoms with Gasteiger partial charge in [-0.25, -0.2) is 9.37 Å². The van der Waals surface area contributed by atoms with Crippen LogP contribution in [0, 0.1) is 5.82 Å². The number of amides is 1. The summed E-state index contributed by atoms with van der Waals surface area (Å²) in [5.41, 5.74) is 12.6. The molecule has 180 valence electrons. The molecule has 1 amide bonds. The quantitative estimate of drug-likeness (QED) is 0.429. The number of nitrogen functional groups attached to an aromatic ring is 1. The van der Waals surface area contributed by atoms with Gasteiger partial charge in [-0.05, 0) is 37.9 Å². The Bertz CT molecular complexity index is 1170. The highest BCUT2D eigenvalue weighted by Gasteiger charge is 2.22. The number of aryl methyl sites for hydroxylation is 1. The molecule has 1 saturated heterocycles. The number of hydrogen-bond acceptors (Lipinski definition) is 8. The van der Waals surface area contributed by atoms with Crippen LogP contribution in [0.2, 0.25) is 0 Å². The Balaban J connectivity index is 1.61. The number of primary amides is 1. The fraction of sp³-hybridized carbons (Fsp3) is 0.391. The molecule has 0 unspecified atom stereocenters. The fourth-order valence-electron chi connectivity index (χ4n) is 3.97. The summed E-state index contributed by atoms with van der Waals surface area (Å²) in [6.45, 7) is 7.08. The lowest BCUT2D eigenvalue weighted by Gasteiger charge is -2.31. The summed E-state index contributed by atoms with van der Waals surface area (Å²) >= 11 is 0. The maximum Gasteiger partial charge on any atom is 0.271 e. The minimum atomic E-state index is -0.745. The molecule has 5 N–H and O–H groups in total. The summed E-state index contributed by atoms with van der Waals surface area (Å²) in [6, 6.07) is 4.30. The number of hydrogen-bond donors (Lipinski definition) is 3. The number of rotatable bonds is 8. The Labute approximate surface area is 197 Å². The Morgan fingerprint density at radius 1 is 1.26 bits per heavy atom. The molecule has 0 radical (unpaired) electrons. The third kappa shape index (κ3) is 5.09. The van der Waals surface area contributed by atoms with Gasteiger partial charge in [0.05, 0.1) is 17.9 Å². The third-order valence-electron chi connectivity index (χ3n) is 5.90. The Hall–Kier alpha value is -3.73. The first-order valence-corrected chi connectivity index (χ1v) is 11.3. The van der Waals surface area contributed by atoms with Gasteiger partial charge in [-0.3, -0.25) is 9.48 Å². The monoisotopic (exact) mass is 468 g/mol. The number of nitrogens with one attached hydrogen (secondary N) is 1. The zero-order valence-electron chi connectivity index (χ0n) is 19.3. The van der Waals surface area contributed by atoms with Crippen molar-refractivity contribution in [3.05, 3.63) is 47.8 Å². The van der Waals surface area contributed by atoms with Crippen molar-refractivity contribution in [3.63, 3.8) is 0 Å². The van der Waals surface area contributed by atoms with Crippen LogP contribution < -0.4 is 21.5 Å². The van der Waals surface area contributed by atoms with E-state index in [1.807, 2.05) is 17.8 Å². The van der Waals surface area contributed by atoms with Crippen molar-refractivity contribution in [2.45, 2.75) is 39.2 Å². The van der Waals surface area contributed by atoms with E-state index in [9.17, 15) is 9.18 Å². The van der Waals surface area contributed by atoms with Gasteiger partial charge in [0, 0.05) is 31.0 Å². The number of nitrogens with two attached hydrogens (primary N) is 2. The van der Waals surface area contributed by atoms with Crippen LogP contribution in [-0.2, 0) is 6.42 Å². The standard InChI is InChI=1S/C23H29FN8O2/c1-3-18-23(34-19-11-14(25)5-6-17(19)24)30-22(20(29-18)21(26)33)28-15-12-27-32(13-15)16-7-9-31(4-2)10-8-16/h5-6,11-13,16H,3-4,7-10,25H2,1-2H3,(H2,26,33)(H,28,30). The van der Waals surface area contributed by atoms with E-state index in [2.05, 4.69) is 32.2 Å². The van der Waals surface area contributed by atoms with Crippen LogP contribution in [-0.4, -0.2) is 50.2 Å². The smallest absolute Gasteiger partial charge is 0.271 e. The molecule has 34 heavy (non-hydrogen) atoms. The van der Waals surface area contributed by atoms with Crippen LogP contribution in [0.15, 0.2) is 30.6 Å². The number of piperidine rings is 1. The third-order valence-corrected chi connectivity index (χ3v) is 5.90. The van der Waals surface area contributed by atoms with E-state index in [0.717, 1.165) is 32.5 Å². The summed E-state index contributed by atoms with van der Waals surface area (Å²) in [4.78, 5) is 23.3. The highest BCUT2D eigenvalue weighted by Crippen LogP contribution is 2.30. The van der Waals surface area contributed by atoms with E-state index in [4.69, 9.17) is 16.2 Å². The summed E-state index contributed by atoms with van der Waals surface area (Å²) in [5, 5.41) is 7.55. The maximum absolute atomic E-state index is 14.2. The number of nitrogens with zero attached hydrogens (tertiary/aromatic N) is 5. The normalized spacial score (nSPS) is 14.8. The molecule has 3 aromatic rings. The number of aromatic nitrogens is 4. The molecule has 11 heteroatoms. The molecular weight excluding hydrogens is 439 g/mol. The van der Waals surface area contributed by atoms with Crippen LogP contribution >= 0.6 is 0 Å². The molecule has 4 rings (SSSR count). The lowest BCUT2D eigenvalue weighted by molar-refractivity contribution is 0.0996. The van der Waals surface area contributed by atoms with E-state index in [-0.39, 0.29) is 23.1 Å². The van der Waals surface area contributed by atoms with E-state index >= 15 is 0 Å². The molecule has 0 spiro atoms. The number of likely N-dealkylation sites (tertiary alicyclic amines) is 1. The van der Waals surface area contributed by atoms with E-state index < -0.39 is 11.7 Å². The van der Waals surface area contributed by atoms with Gasteiger partial charge < -0.3 is 26.4 Å². The highest BCUT2D eigenvalue weighted by molar-refractivity contribution is 5.96. The zero-order valence-corrected chi connectivity index (χ0v) is 19.3. The molecule has 2 aromatic heterocycles. The van der Waals surface area contributed by atoms with Gasteiger partial charge in [-0.15, -0.1) is 0 Å². The van der Waals surface area contributed by atoms with Crippen LogP contribution in [0.4, 0.5) is 21.6 Å². The molecule has 3 heterocycles. The van der Waals surface area contributed by atoms with Crippen molar-refractivity contribution in [1.82, 2.24) is 24.6 Å². The van der Waals surface area contributed by atoms with E-state index in [0.29, 0.717) is 29.5 Å². The topological polar surface area (TPSA) is 137 Å². The first-order chi connectivity index (χ1) is 16.4. The first kappa shape index (κ1) is 23.4. The SMILES string of the molecule is CCc1nc(C(N)=O)c(Nc2cnn(C3CCN(CC)CC3)c2)nc1Oc1cc(N)ccc1F. The van der Waals surface area contributed by atoms with Crippen molar-refractivity contribution in [1.29, 1.82) is 0 Å². The maximum atomic E-state index is 14.2. The molecule has 10 nitrogen and oxygen atoms in total. The van der Waals surface area contributed by atoms with Gasteiger partial charge in [0.15, 0.2) is 23.1 Å². The van der Waals surface area contributed by atoms with Crippen molar-refractivity contribution < 1.29 is 13.9 Å². The van der Waals surface area contributed by atoms with Gasteiger partial charge in [0.25, 0.3) is 5.91 Å². The Morgan fingerprint density at radius 2 is 2.03 bits per heavy atom. The van der Waals surface area contributed by atoms with E-state index in [1.54, 1.807) is 6.20 Å². The van der Waals surface area contributed by atoms with Crippen molar-refractivity contribution in [3.8, 4) is 11.6 Å². The Kier molecular flexibility index (Phi) is 6.92. The van der Waals surface area contributed by atoms with Crippen molar-refractivity contribution in [2.24, 2.45) is 5.73 Å². The average molecular weight is 469 g/mol. The van der Waals surface area contributed by atoms with Gasteiger partial charge in [-0.2, -0.15) is 10.1 Å². The van der Waals surface area contributed by atoms with Crippen LogP contribution in [0.25, 0.3) is 0 Å². The Morgan fingerprint density at radius 3 is 2.71 bits per heavy atom. The number of carbonyl (C=O) groups is 1. The minimum absolute atomic E-state index is 0.0405. The number of carbonyl (C=O) groups excluding carboxylic acids is 1. The molecule has 1 fully saturated rings. The molecule has 0 aliphatic carbocycles. The van der Waals surface area contributed by atoms with Gasteiger partial charge in [0.2, 0.25) is 5.88 Å². The molecule has 0 atom stereocenters. The molecule has 1 aliphatic heterocycles. The largest absolute Gasteiger partial charge is 0.434 e. The second-order valence-corrected chi connectivity index (χ2v) is 8.18. The molecule has 0 bridgehead atoms. The lowest BCUT2D eigenvalue weighted by Crippen LogP contribution is -2.34.